The van der Waals surface area contributed by atoms with E-state index in [9.17, 15) is 14.4 Å². The van der Waals surface area contributed by atoms with E-state index in [1.807, 2.05) is 0 Å². The van der Waals surface area contributed by atoms with Crippen LogP contribution in [-0.2, 0) is 19.1 Å². The minimum atomic E-state index is -1.27. The zero-order chi connectivity index (χ0) is 16.0. The number of benzene rings is 1. The lowest BCUT2D eigenvalue weighted by atomic mass is 10.1. The highest BCUT2D eigenvalue weighted by molar-refractivity contribution is 6.42. The molecule has 21 heavy (non-hydrogen) atoms. The van der Waals surface area contributed by atoms with Gasteiger partial charge >= 0.3 is 11.9 Å². The van der Waals surface area contributed by atoms with Crippen LogP contribution in [0.4, 0.5) is 0 Å². The molecule has 0 radical (unpaired) electrons. The zero-order valence-corrected chi connectivity index (χ0v) is 13.0. The van der Waals surface area contributed by atoms with Gasteiger partial charge in [0.05, 0.1) is 23.1 Å². The van der Waals surface area contributed by atoms with Gasteiger partial charge in [-0.15, -0.1) is 0 Å². The third kappa shape index (κ3) is 5.36. The van der Waals surface area contributed by atoms with E-state index in [1.165, 1.54) is 18.2 Å². The van der Waals surface area contributed by atoms with Gasteiger partial charge < -0.3 is 9.47 Å². The zero-order valence-electron chi connectivity index (χ0n) is 11.5. The summed E-state index contributed by atoms with van der Waals surface area (Å²) in [6.07, 6.45) is -1.60. The van der Waals surface area contributed by atoms with Crippen LogP contribution in [-0.4, -0.2) is 30.4 Å². The van der Waals surface area contributed by atoms with Crippen LogP contribution >= 0.6 is 23.2 Å². The lowest BCUT2D eigenvalue weighted by molar-refractivity contribution is -0.166. The monoisotopic (exact) mass is 332 g/mol. The molecule has 0 aliphatic rings. The van der Waals surface area contributed by atoms with Gasteiger partial charge in [-0.1, -0.05) is 23.2 Å². The van der Waals surface area contributed by atoms with Crippen molar-refractivity contribution in [3.8, 4) is 0 Å². The Balaban J connectivity index is 2.86. The van der Waals surface area contributed by atoms with E-state index in [0.717, 1.165) is 6.92 Å². The largest absolute Gasteiger partial charge is 0.463 e. The molecule has 0 aromatic heterocycles. The Morgan fingerprint density at radius 3 is 2.38 bits per heavy atom. The van der Waals surface area contributed by atoms with Crippen molar-refractivity contribution in [1.82, 2.24) is 0 Å². The fraction of sp³-hybridized carbons (Fsp3) is 0.357. The van der Waals surface area contributed by atoms with Crippen molar-refractivity contribution in [2.24, 2.45) is 0 Å². The molecular weight excluding hydrogens is 319 g/mol. The molecule has 0 fully saturated rings. The molecule has 1 aromatic rings. The summed E-state index contributed by atoms with van der Waals surface area (Å²) in [6, 6.07) is 4.34. The maximum atomic E-state index is 12.1. The summed E-state index contributed by atoms with van der Waals surface area (Å²) in [7, 11) is 0. The van der Waals surface area contributed by atoms with Crippen molar-refractivity contribution in [2.45, 2.75) is 26.4 Å². The maximum Gasteiger partial charge on any atom is 0.347 e. The fourth-order valence-electron chi connectivity index (χ4n) is 1.56. The summed E-state index contributed by atoms with van der Waals surface area (Å²) in [5.74, 6) is -1.84. The smallest absolute Gasteiger partial charge is 0.347 e. The Bertz CT molecular complexity index is 556. The summed E-state index contributed by atoms with van der Waals surface area (Å²) in [6.45, 7) is 2.89. The van der Waals surface area contributed by atoms with E-state index in [-0.39, 0.29) is 23.6 Å². The van der Waals surface area contributed by atoms with Crippen molar-refractivity contribution in [3.05, 3.63) is 33.8 Å². The highest BCUT2D eigenvalue weighted by Crippen LogP contribution is 2.23. The second-order valence-electron chi connectivity index (χ2n) is 4.11. The second-order valence-corrected chi connectivity index (χ2v) is 4.92. The first-order valence-corrected chi connectivity index (χ1v) is 6.92. The van der Waals surface area contributed by atoms with Crippen molar-refractivity contribution in [2.75, 3.05) is 6.61 Å². The van der Waals surface area contributed by atoms with E-state index in [4.69, 9.17) is 32.7 Å². The predicted octanol–water partition coefficient (Wildman–Crippen LogP) is 3.06. The van der Waals surface area contributed by atoms with E-state index in [1.54, 1.807) is 6.92 Å². The maximum absolute atomic E-state index is 12.1. The number of esters is 2. The van der Waals surface area contributed by atoms with E-state index in [2.05, 4.69) is 0 Å². The van der Waals surface area contributed by atoms with Gasteiger partial charge in [0.1, 0.15) is 0 Å². The summed E-state index contributed by atoms with van der Waals surface area (Å²) >= 11 is 11.6. The molecule has 0 saturated carbocycles. The molecule has 0 N–H and O–H groups in total. The lowest BCUT2D eigenvalue weighted by Gasteiger charge is -2.15. The van der Waals surface area contributed by atoms with Crippen molar-refractivity contribution < 1.29 is 23.9 Å². The van der Waals surface area contributed by atoms with Crippen LogP contribution in [0.5, 0.6) is 0 Å². The number of Topliss-reactive ketones (excluding diaryl/α,β-unsaturated/α-hetero) is 1. The van der Waals surface area contributed by atoms with Gasteiger partial charge in [-0.3, -0.25) is 9.59 Å². The minimum absolute atomic E-state index is 0.123. The second kappa shape index (κ2) is 8.00. The quantitative estimate of drug-likeness (QED) is 0.591. The molecule has 0 bridgehead atoms. The van der Waals surface area contributed by atoms with Crippen molar-refractivity contribution in [3.63, 3.8) is 0 Å². The molecule has 0 aliphatic heterocycles. The normalized spacial score (nSPS) is 11.6. The number of carbonyl (C=O) groups is 3. The Kier molecular flexibility index (Phi) is 6.65. The predicted molar refractivity (Wildman–Crippen MR) is 77.6 cm³/mol. The van der Waals surface area contributed by atoms with Crippen LogP contribution < -0.4 is 0 Å². The number of halogens is 2. The number of carbonyl (C=O) groups excluding carboxylic acids is 3. The fourth-order valence-corrected chi connectivity index (χ4v) is 1.86. The summed E-state index contributed by atoms with van der Waals surface area (Å²) in [5, 5.41) is 0.540. The third-order valence-corrected chi connectivity index (χ3v) is 3.21. The van der Waals surface area contributed by atoms with E-state index in [0.29, 0.717) is 5.02 Å². The first kappa shape index (κ1) is 17.5. The first-order chi connectivity index (χ1) is 9.85. The molecule has 1 rings (SSSR count). The van der Waals surface area contributed by atoms with Crippen LogP contribution in [0.15, 0.2) is 18.2 Å². The van der Waals surface area contributed by atoms with Gasteiger partial charge in [-0.05, 0) is 25.1 Å². The van der Waals surface area contributed by atoms with Crippen molar-refractivity contribution >= 4 is 40.9 Å². The Morgan fingerprint density at radius 1 is 1.19 bits per heavy atom. The average Bonchev–Trinajstić information content (AvgIpc) is 2.40. The molecule has 0 saturated heterocycles. The molecule has 0 spiro atoms. The van der Waals surface area contributed by atoms with Crippen molar-refractivity contribution in [1.29, 1.82) is 0 Å². The van der Waals surface area contributed by atoms with Crippen LogP contribution in [0, 0.1) is 0 Å². The topological polar surface area (TPSA) is 69.7 Å². The average molecular weight is 333 g/mol. The van der Waals surface area contributed by atoms with Gasteiger partial charge in [0.15, 0.2) is 5.78 Å². The third-order valence-electron chi connectivity index (χ3n) is 2.47. The highest BCUT2D eigenvalue weighted by Gasteiger charge is 2.26. The van der Waals surface area contributed by atoms with Gasteiger partial charge in [0, 0.05) is 12.5 Å². The van der Waals surface area contributed by atoms with Crippen LogP contribution in [0.2, 0.25) is 10.0 Å². The molecule has 1 atom stereocenters. The van der Waals surface area contributed by atoms with Gasteiger partial charge in [-0.25, -0.2) is 4.79 Å². The van der Waals surface area contributed by atoms with Crippen LogP contribution in [0.3, 0.4) is 0 Å². The summed E-state index contributed by atoms with van der Waals surface area (Å²) in [4.78, 5) is 34.8. The lowest BCUT2D eigenvalue weighted by Crippen LogP contribution is -2.31. The standard InChI is InChI=1S/C14H14Cl2O5/c1-3-20-14(19)13(21-8(2)17)7-12(18)9-4-5-10(15)11(16)6-9/h4-6,13H,3,7H2,1-2H3/t13-/m0/s1. The summed E-state index contributed by atoms with van der Waals surface area (Å²) in [5.41, 5.74) is 0.269. The first-order valence-electron chi connectivity index (χ1n) is 6.17. The molecule has 5 nitrogen and oxygen atoms in total. The molecular formula is C14H14Cl2O5. The van der Waals surface area contributed by atoms with Crippen LogP contribution in [0.1, 0.15) is 30.6 Å². The molecule has 114 valence electrons. The molecule has 7 heteroatoms. The highest BCUT2D eigenvalue weighted by atomic mass is 35.5. The SMILES string of the molecule is CCOC(=O)[C@H](CC(=O)c1ccc(Cl)c(Cl)c1)OC(C)=O. The van der Waals surface area contributed by atoms with Gasteiger partial charge in [0.25, 0.3) is 0 Å². The molecule has 0 heterocycles. The molecule has 0 aliphatic carbocycles. The number of hydrogen-bond donors (Lipinski definition) is 0. The van der Waals surface area contributed by atoms with Crippen LogP contribution in [0.25, 0.3) is 0 Å². The molecule has 0 amide bonds. The molecule has 1 aromatic carbocycles. The number of ketones is 1. The Morgan fingerprint density at radius 2 is 1.86 bits per heavy atom. The number of rotatable bonds is 6. The van der Waals surface area contributed by atoms with E-state index >= 15 is 0 Å². The summed E-state index contributed by atoms with van der Waals surface area (Å²) < 4.78 is 9.59. The van der Waals surface area contributed by atoms with Gasteiger partial charge in [-0.2, -0.15) is 0 Å². The minimum Gasteiger partial charge on any atom is -0.463 e. The number of ether oxygens (including phenoxy) is 2. The van der Waals surface area contributed by atoms with Gasteiger partial charge in [0.2, 0.25) is 6.10 Å². The van der Waals surface area contributed by atoms with E-state index < -0.39 is 23.8 Å². The Hall–Kier alpha value is -1.59. The molecule has 0 unspecified atom stereocenters. The Labute approximate surface area is 132 Å². The number of hydrogen-bond acceptors (Lipinski definition) is 5.